The van der Waals surface area contributed by atoms with E-state index in [4.69, 9.17) is 9.16 Å². The minimum Gasteiger partial charge on any atom is -0.466 e. The maximum Gasteiger partial charge on any atom is 0.310 e. The van der Waals surface area contributed by atoms with Gasteiger partial charge in [-0.2, -0.15) is 0 Å². The van der Waals surface area contributed by atoms with Crippen molar-refractivity contribution in [3.8, 4) is 0 Å². The summed E-state index contributed by atoms with van der Waals surface area (Å²) in [5, 5.41) is 2.88. The fraction of sp³-hybridized carbons (Fsp3) is 0.875. The summed E-state index contributed by atoms with van der Waals surface area (Å²) in [6.45, 7) is 16.4. The number of amides is 1. The predicted octanol–water partition coefficient (Wildman–Crippen LogP) is 2.10. The van der Waals surface area contributed by atoms with Crippen LogP contribution in [0.25, 0.3) is 0 Å². The molecule has 0 aromatic heterocycles. The molecular formula is C16H31NO4Si. The molecular weight excluding hydrogens is 298 g/mol. The van der Waals surface area contributed by atoms with Crippen LogP contribution in [0.2, 0.25) is 13.1 Å². The molecule has 1 N–H and O–H groups in total. The van der Waals surface area contributed by atoms with E-state index >= 15 is 0 Å². The molecule has 0 spiro atoms. The molecule has 6 heteroatoms. The van der Waals surface area contributed by atoms with Crippen molar-refractivity contribution in [3.63, 3.8) is 0 Å². The molecule has 4 atom stereocenters. The number of rotatable bonds is 6. The molecule has 1 aliphatic heterocycles. The molecule has 1 rings (SSSR count). The first-order valence-electron chi connectivity index (χ1n) is 8.10. The van der Waals surface area contributed by atoms with Crippen molar-refractivity contribution in [2.45, 2.75) is 66.3 Å². The molecule has 22 heavy (non-hydrogen) atoms. The summed E-state index contributed by atoms with van der Waals surface area (Å²) >= 11 is 0. The van der Waals surface area contributed by atoms with Crippen LogP contribution in [0.3, 0.4) is 0 Å². The minimum absolute atomic E-state index is 0.0341. The van der Waals surface area contributed by atoms with Crippen molar-refractivity contribution in [2.75, 3.05) is 6.61 Å². The average Bonchev–Trinajstić information content (AvgIpc) is 2.32. The van der Waals surface area contributed by atoms with Crippen LogP contribution in [0.15, 0.2) is 0 Å². The normalized spacial score (nSPS) is 26.0. The number of hydrogen-bond acceptors (Lipinski definition) is 4. The van der Waals surface area contributed by atoms with Crippen molar-refractivity contribution in [1.82, 2.24) is 5.32 Å². The highest BCUT2D eigenvalue weighted by Crippen LogP contribution is 2.46. The highest BCUT2D eigenvalue weighted by molar-refractivity contribution is 6.48. The Bertz CT molecular complexity index is 432. The molecule has 4 unspecified atom stereocenters. The summed E-state index contributed by atoms with van der Waals surface area (Å²) in [7, 11) is -1.35. The number of ether oxygens (including phenoxy) is 1. The van der Waals surface area contributed by atoms with E-state index in [0.717, 1.165) is 0 Å². The number of β-lactam (4-membered cyclic amide) rings is 1. The average molecular weight is 330 g/mol. The van der Waals surface area contributed by atoms with Crippen LogP contribution in [0, 0.1) is 17.3 Å². The summed E-state index contributed by atoms with van der Waals surface area (Å²) in [4.78, 5) is 24.3. The summed E-state index contributed by atoms with van der Waals surface area (Å²) < 4.78 is 11.4. The van der Waals surface area contributed by atoms with Crippen molar-refractivity contribution in [3.05, 3.63) is 0 Å². The highest BCUT2D eigenvalue weighted by Gasteiger charge is 2.59. The van der Waals surface area contributed by atoms with E-state index in [1.54, 1.807) is 6.92 Å². The maximum absolute atomic E-state index is 12.3. The summed E-state index contributed by atoms with van der Waals surface area (Å²) in [5.41, 5.74) is -0.805. The Hall–Kier alpha value is -0.883. The Kier molecular flexibility index (Phi) is 5.84. The van der Waals surface area contributed by atoms with E-state index < -0.39 is 14.6 Å². The van der Waals surface area contributed by atoms with Gasteiger partial charge in [0.15, 0.2) is 9.04 Å². The topological polar surface area (TPSA) is 64.6 Å². The first-order chi connectivity index (χ1) is 9.95. The zero-order chi connectivity index (χ0) is 17.3. The molecule has 1 fully saturated rings. The van der Waals surface area contributed by atoms with Crippen LogP contribution in [0.1, 0.15) is 41.5 Å². The largest absolute Gasteiger partial charge is 0.466 e. The zero-order valence-electron chi connectivity index (χ0n) is 15.1. The van der Waals surface area contributed by atoms with Gasteiger partial charge in [0.2, 0.25) is 5.91 Å². The van der Waals surface area contributed by atoms with Gasteiger partial charge in [-0.3, -0.25) is 9.59 Å². The third kappa shape index (κ3) is 3.54. The Morgan fingerprint density at radius 2 is 1.86 bits per heavy atom. The van der Waals surface area contributed by atoms with Crippen LogP contribution < -0.4 is 5.32 Å². The third-order valence-corrected chi connectivity index (χ3v) is 5.67. The van der Waals surface area contributed by atoms with Crippen LogP contribution >= 0.6 is 0 Å². The summed E-state index contributed by atoms with van der Waals surface area (Å²) in [5.74, 6) is -1.01. The van der Waals surface area contributed by atoms with Gasteiger partial charge in [0.1, 0.15) is 0 Å². The molecule has 5 nitrogen and oxygen atoms in total. The smallest absolute Gasteiger partial charge is 0.310 e. The zero-order valence-corrected chi connectivity index (χ0v) is 16.3. The maximum atomic E-state index is 12.3. The molecule has 0 aliphatic carbocycles. The van der Waals surface area contributed by atoms with E-state index in [9.17, 15) is 9.59 Å². The van der Waals surface area contributed by atoms with Gasteiger partial charge >= 0.3 is 5.97 Å². The molecule has 0 radical (unpaired) electrons. The van der Waals surface area contributed by atoms with Crippen molar-refractivity contribution >= 4 is 20.9 Å². The second-order valence-corrected chi connectivity index (χ2v) is 9.91. The van der Waals surface area contributed by atoms with Crippen molar-refractivity contribution in [2.24, 2.45) is 17.3 Å². The van der Waals surface area contributed by atoms with Crippen LogP contribution in [0.5, 0.6) is 0 Å². The lowest BCUT2D eigenvalue weighted by molar-refractivity contribution is -0.168. The van der Waals surface area contributed by atoms with Gasteiger partial charge in [-0.15, -0.1) is 0 Å². The van der Waals surface area contributed by atoms with Gasteiger partial charge in [0.25, 0.3) is 0 Å². The molecule has 0 bridgehead atoms. The third-order valence-electron chi connectivity index (χ3n) is 4.71. The quantitative estimate of drug-likeness (QED) is 0.460. The second-order valence-electron chi connectivity index (χ2n) is 7.58. The molecule has 128 valence electrons. The summed E-state index contributed by atoms with van der Waals surface area (Å²) in [6.07, 6.45) is 0. The van der Waals surface area contributed by atoms with Crippen LogP contribution in [-0.2, 0) is 18.8 Å². The molecule has 1 saturated heterocycles. The monoisotopic (exact) mass is 329 g/mol. The summed E-state index contributed by atoms with van der Waals surface area (Å²) in [6, 6.07) is -0.233. The second kappa shape index (κ2) is 6.70. The molecule has 0 aromatic carbocycles. The Balaban J connectivity index is 3.07. The fourth-order valence-electron chi connectivity index (χ4n) is 3.04. The predicted molar refractivity (Wildman–Crippen MR) is 89.0 cm³/mol. The number of nitrogens with one attached hydrogen (secondary N) is 1. The molecule has 0 saturated carbocycles. The van der Waals surface area contributed by atoms with E-state index in [1.807, 2.05) is 13.8 Å². The Labute approximate surface area is 135 Å². The number of esters is 1. The first-order valence-corrected chi connectivity index (χ1v) is 10.9. The Morgan fingerprint density at radius 1 is 1.32 bits per heavy atom. The van der Waals surface area contributed by atoms with E-state index in [-0.39, 0.29) is 35.2 Å². The SMILES string of the molecule is CCOC(=O)C(C)C1NC(=O)C1C(C)(O[SiH](C)C)C(C)(C)C. The number of carbonyl (C=O) groups excluding carboxylic acids is 2. The Morgan fingerprint density at radius 3 is 2.23 bits per heavy atom. The fourth-order valence-corrected chi connectivity index (χ4v) is 4.52. The highest BCUT2D eigenvalue weighted by atomic mass is 28.3. The van der Waals surface area contributed by atoms with Crippen molar-refractivity contribution < 1.29 is 18.8 Å². The van der Waals surface area contributed by atoms with Gasteiger partial charge < -0.3 is 14.5 Å². The van der Waals surface area contributed by atoms with Gasteiger partial charge in [0, 0.05) is 0 Å². The van der Waals surface area contributed by atoms with Crippen LogP contribution in [0.4, 0.5) is 0 Å². The van der Waals surface area contributed by atoms with Crippen molar-refractivity contribution in [1.29, 1.82) is 0 Å². The number of carbonyl (C=O) groups is 2. The van der Waals surface area contributed by atoms with Gasteiger partial charge in [0.05, 0.1) is 30.1 Å². The molecule has 1 heterocycles. The van der Waals surface area contributed by atoms with Gasteiger partial charge in [-0.05, 0) is 39.3 Å². The molecule has 0 aromatic rings. The van der Waals surface area contributed by atoms with E-state index in [1.165, 1.54) is 0 Å². The van der Waals surface area contributed by atoms with Gasteiger partial charge in [-0.1, -0.05) is 20.8 Å². The first kappa shape index (κ1) is 19.2. The van der Waals surface area contributed by atoms with E-state index in [0.29, 0.717) is 6.61 Å². The van der Waals surface area contributed by atoms with Gasteiger partial charge in [-0.25, -0.2) is 0 Å². The number of hydrogen-bond donors (Lipinski definition) is 1. The minimum atomic E-state index is -1.35. The molecule has 1 aliphatic rings. The van der Waals surface area contributed by atoms with E-state index in [2.05, 4.69) is 39.2 Å². The lowest BCUT2D eigenvalue weighted by Gasteiger charge is -2.55. The molecule has 1 amide bonds. The van der Waals surface area contributed by atoms with Crippen LogP contribution in [-0.4, -0.2) is 39.2 Å². The standard InChI is InChI=1S/C16H31NO4Si/c1-9-20-14(19)10(2)12-11(13(18)17-12)16(6,15(3,4)5)21-22(7)8/h10-12,22H,9H2,1-8H3,(H,17,18). The lowest BCUT2D eigenvalue weighted by atomic mass is 9.62. The lowest BCUT2D eigenvalue weighted by Crippen LogP contribution is -2.72.